The number of ether oxygens (including phenoxy) is 2. The molecule has 0 saturated carbocycles. The van der Waals surface area contributed by atoms with Crippen LogP contribution in [0.15, 0.2) is 0 Å². The van der Waals surface area contributed by atoms with E-state index in [0.717, 1.165) is 0 Å². The summed E-state index contributed by atoms with van der Waals surface area (Å²) in [7, 11) is 0. The van der Waals surface area contributed by atoms with E-state index >= 15 is 0 Å². The van der Waals surface area contributed by atoms with Crippen molar-refractivity contribution in [2.24, 2.45) is 0 Å². The average molecular weight is 272 g/mol. The van der Waals surface area contributed by atoms with Gasteiger partial charge in [0, 0.05) is 32.7 Å². The van der Waals surface area contributed by atoms with E-state index in [1.165, 1.54) is 0 Å². The number of carbonyl (C=O) groups is 2. The molecule has 1 fully saturated rings. The van der Waals surface area contributed by atoms with Crippen LogP contribution in [-0.2, 0) is 19.1 Å². The van der Waals surface area contributed by atoms with Crippen molar-refractivity contribution in [2.75, 3.05) is 39.4 Å². The fourth-order valence-electron chi connectivity index (χ4n) is 2.04. The van der Waals surface area contributed by atoms with Crippen molar-refractivity contribution in [3.63, 3.8) is 0 Å². The van der Waals surface area contributed by atoms with Crippen LogP contribution >= 0.6 is 0 Å². The molecule has 0 aromatic carbocycles. The van der Waals surface area contributed by atoms with Crippen molar-refractivity contribution < 1.29 is 19.1 Å². The highest BCUT2D eigenvalue weighted by Gasteiger charge is 2.29. The number of piperazine rings is 1. The fourth-order valence-corrected chi connectivity index (χ4v) is 2.04. The van der Waals surface area contributed by atoms with E-state index in [4.69, 9.17) is 9.47 Å². The molecule has 0 aromatic rings. The molecule has 1 saturated heterocycles. The van der Waals surface area contributed by atoms with Crippen LogP contribution in [-0.4, -0.2) is 67.3 Å². The minimum absolute atomic E-state index is 0.00599. The molecule has 0 spiro atoms. The standard InChI is InChI=1S/C13H24N2O4/c1-4-14-9-12(17)15(10-11(14)16)8-7-13(18-5-2)19-6-3/h13H,4-10H2,1-3H3. The largest absolute Gasteiger partial charge is 0.353 e. The van der Waals surface area contributed by atoms with Crippen molar-refractivity contribution >= 4 is 11.8 Å². The van der Waals surface area contributed by atoms with Gasteiger partial charge in [-0.15, -0.1) is 0 Å². The molecule has 110 valence electrons. The Morgan fingerprint density at radius 3 is 2.05 bits per heavy atom. The summed E-state index contributed by atoms with van der Waals surface area (Å²) in [6, 6.07) is 0. The summed E-state index contributed by atoms with van der Waals surface area (Å²) in [5.41, 5.74) is 0. The first kappa shape index (κ1) is 15.9. The Hall–Kier alpha value is -1.14. The van der Waals surface area contributed by atoms with Crippen LogP contribution in [0, 0.1) is 0 Å². The molecule has 0 unspecified atom stereocenters. The Bertz CT molecular complexity index is 303. The third kappa shape index (κ3) is 4.80. The molecule has 0 aliphatic carbocycles. The zero-order valence-corrected chi connectivity index (χ0v) is 12.1. The maximum absolute atomic E-state index is 11.9. The molecule has 6 nitrogen and oxygen atoms in total. The summed E-state index contributed by atoms with van der Waals surface area (Å²) in [6.07, 6.45) is 0.286. The van der Waals surface area contributed by atoms with Gasteiger partial charge in [0.05, 0.1) is 13.1 Å². The van der Waals surface area contributed by atoms with Gasteiger partial charge in [-0.05, 0) is 20.8 Å². The van der Waals surface area contributed by atoms with Crippen LogP contribution in [0.5, 0.6) is 0 Å². The lowest BCUT2D eigenvalue weighted by molar-refractivity contribution is -0.156. The Kier molecular flexibility index (Phi) is 6.80. The summed E-state index contributed by atoms with van der Waals surface area (Å²) in [6.45, 7) is 8.25. The van der Waals surface area contributed by atoms with Gasteiger partial charge in [0.15, 0.2) is 6.29 Å². The van der Waals surface area contributed by atoms with Crippen molar-refractivity contribution in [2.45, 2.75) is 33.5 Å². The molecular weight excluding hydrogens is 248 g/mol. The van der Waals surface area contributed by atoms with Crippen molar-refractivity contribution in [3.8, 4) is 0 Å². The molecule has 0 atom stereocenters. The normalized spacial score (nSPS) is 16.6. The molecular formula is C13H24N2O4. The molecule has 1 aliphatic rings. The van der Waals surface area contributed by atoms with Crippen LogP contribution < -0.4 is 0 Å². The zero-order chi connectivity index (χ0) is 14.3. The summed E-state index contributed by atoms with van der Waals surface area (Å²) in [5, 5.41) is 0. The van der Waals surface area contributed by atoms with Crippen LogP contribution in [0.2, 0.25) is 0 Å². The van der Waals surface area contributed by atoms with E-state index in [1.54, 1.807) is 9.80 Å². The molecule has 1 rings (SSSR count). The van der Waals surface area contributed by atoms with Gasteiger partial charge in [-0.1, -0.05) is 0 Å². The Morgan fingerprint density at radius 1 is 1.00 bits per heavy atom. The third-order valence-corrected chi connectivity index (χ3v) is 3.08. The summed E-state index contributed by atoms with van der Waals surface area (Å²) in [4.78, 5) is 26.8. The fraction of sp³-hybridized carbons (Fsp3) is 0.846. The van der Waals surface area contributed by atoms with E-state index in [9.17, 15) is 9.59 Å². The minimum Gasteiger partial charge on any atom is -0.353 e. The Morgan fingerprint density at radius 2 is 1.53 bits per heavy atom. The second-order valence-electron chi connectivity index (χ2n) is 4.35. The lowest BCUT2D eigenvalue weighted by Gasteiger charge is -2.33. The number of nitrogens with zero attached hydrogens (tertiary/aromatic N) is 2. The second-order valence-corrected chi connectivity index (χ2v) is 4.35. The molecule has 1 heterocycles. The van der Waals surface area contributed by atoms with Gasteiger partial charge in [-0.2, -0.15) is 0 Å². The van der Waals surface area contributed by atoms with Crippen molar-refractivity contribution in [1.29, 1.82) is 0 Å². The quantitative estimate of drug-likeness (QED) is 0.603. The van der Waals surface area contributed by atoms with Crippen LogP contribution in [0.3, 0.4) is 0 Å². The first-order chi connectivity index (χ1) is 9.12. The monoisotopic (exact) mass is 272 g/mol. The maximum atomic E-state index is 11.9. The Balaban J connectivity index is 2.43. The lowest BCUT2D eigenvalue weighted by Crippen LogP contribution is -2.54. The maximum Gasteiger partial charge on any atom is 0.242 e. The lowest BCUT2D eigenvalue weighted by atomic mass is 10.2. The molecule has 1 aliphatic heterocycles. The van der Waals surface area contributed by atoms with Crippen LogP contribution in [0.4, 0.5) is 0 Å². The molecule has 6 heteroatoms. The average Bonchev–Trinajstić information content (AvgIpc) is 2.39. The summed E-state index contributed by atoms with van der Waals surface area (Å²) in [5.74, 6) is -0.000309. The van der Waals surface area contributed by atoms with Gasteiger partial charge in [0.1, 0.15) is 0 Å². The van der Waals surface area contributed by atoms with Gasteiger partial charge in [-0.3, -0.25) is 9.59 Å². The second kappa shape index (κ2) is 8.12. The van der Waals surface area contributed by atoms with Gasteiger partial charge in [0.25, 0.3) is 0 Å². The van der Waals surface area contributed by atoms with Gasteiger partial charge >= 0.3 is 0 Å². The van der Waals surface area contributed by atoms with Crippen LogP contribution in [0.1, 0.15) is 27.2 Å². The number of rotatable bonds is 8. The zero-order valence-electron chi connectivity index (χ0n) is 12.1. The predicted molar refractivity (Wildman–Crippen MR) is 70.5 cm³/mol. The van der Waals surface area contributed by atoms with E-state index in [-0.39, 0.29) is 31.2 Å². The topological polar surface area (TPSA) is 59.1 Å². The van der Waals surface area contributed by atoms with E-state index < -0.39 is 0 Å². The first-order valence-corrected chi connectivity index (χ1v) is 6.91. The molecule has 19 heavy (non-hydrogen) atoms. The highest BCUT2D eigenvalue weighted by molar-refractivity contribution is 5.92. The highest BCUT2D eigenvalue weighted by atomic mass is 16.7. The van der Waals surface area contributed by atoms with Crippen LogP contribution in [0.25, 0.3) is 0 Å². The Labute approximate surface area is 114 Å². The van der Waals surface area contributed by atoms with Crippen molar-refractivity contribution in [3.05, 3.63) is 0 Å². The SMILES string of the molecule is CCOC(CCN1CC(=O)N(CC)CC1=O)OCC. The smallest absolute Gasteiger partial charge is 0.242 e. The number of likely N-dealkylation sites (N-methyl/N-ethyl adjacent to an activating group) is 1. The van der Waals surface area contributed by atoms with Gasteiger partial charge in [0.2, 0.25) is 11.8 Å². The summed E-state index contributed by atoms with van der Waals surface area (Å²) < 4.78 is 10.8. The summed E-state index contributed by atoms with van der Waals surface area (Å²) >= 11 is 0. The number of amides is 2. The highest BCUT2D eigenvalue weighted by Crippen LogP contribution is 2.08. The predicted octanol–water partition coefficient (Wildman–Crippen LogP) is 0.466. The van der Waals surface area contributed by atoms with E-state index in [1.807, 2.05) is 20.8 Å². The molecule has 0 bridgehead atoms. The minimum atomic E-state index is -0.304. The number of hydrogen-bond acceptors (Lipinski definition) is 4. The number of carbonyl (C=O) groups excluding carboxylic acids is 2. The molecule has 0 N–H and O–H groups in total. The number of hydrogen-bond donors (Lipinski definition) is 0. The van der Waals surface area contributed by atoms with E-state index in [0.29, 0.717) is 32.7 Å². The van der Waals surface area contributed by atoms with Gasteiger partial charge in [-0.25, -0.2) is 0 Å². The van der Waals surface area contributed by atoms with E-state index in [2.05, 4.69) is 0 Å². The molecule has 0 radical (unpaired) electrons. The molecule has 2 amide bonds. The van der Waals surface area contributed by atoms with Crippen molar-refractivity contribution in [1.82, 2.24) is 9.80 Å². The first-order valence-electron chi connectivity index (χ1n) is 6.91. The molecule has 0 aromatic heterocycles. The van der Waals surface area contributed by atoms with Gasteiger partial charge < -0.3 is 19.3 Å². The third-order valence-electron chi connectivity index (χ3n) is 3.08.